The summed E-state index contributed by atoms with van der Waals surface area (Å²) in [6.07, 6.45) is 0. The molecule has 0 aliphatic rings. The quantitative estimate of drug-likeness (QED) is 0.254. The van der Waals surface area contributed by atoms with Gasteiger partial charge >= 0.3 is 0 Å². The average Bonchev–Trinajstić information content (AvgIpc) is 3.48. The first-order chi connectivity index (χ1) is 17.7. The van der Waals surface area contributed by atoms with Gasteiger partial charge in [-0.15, -0.1) is 11.3 Å². The van der Waals surface area contributed by atoms with Crippen LogP contribution < -0.4 is 0 Å². The maximum Gasteiger partial charge on any atom is 0.0992 e. The fourth-order valence-electron chi connectivity index (χ4n) is 5.06. The van der Waals surface area contributed by atoms with Crippen LogP contribution in [0.25, 0.3) is 59.1 Å². The molecular weight excluding hydrogens is 460 g/mol. The van der Waals surface area contributed by atoms with Gasteiger partial charge in [-0.05, 0) is 42.5 Å². The first kappa shape index (κ1) is 20.4. The Kier molecular flexibility index (Phi) is 4.41. The number of aromatic nitrogens is 2. The number of pyridine rings is 1. The standard InChI is InChI=1S/C31H16N4S/c32-17-19-14-20(18-33)16-22(15-19)35-26-12-10-24-23-8-4-5-9-28(23)36-31(24)29(26)30-27(35)13-11-25(34-30)21-6-2-1-3-7-21/h1-16H. The number of fused-ring (bicyclic) bond motifs is 7. The predicted octanol–water partition coefficient (Wildman–Crippen LogP) is 7.96. The highest BCUT2D eigenvalue weighted by Crippen LogP contribution is 2.43. The third-order valence-corrected chi connectivity index (χ3v) is 7.83. The van der Waals surface area contributed by atoms with Gasteiger partial charge in [0.1, 0.15) is 0 Å². The van der Waals surface area contributed by atoms with Crippen molar-refractivity contribution in [1.29, 1.82) is 10.5 Å². The van der Waals surface area contributed by atoms with Gasteiger partial charge in [-0.1, -0.05) is 54.6 Å². The molecule has 4 aromatic carbocycles. The largest absolute Gasteiger partial charge is 0.307 e. The van der Waals surface area contributed by atoms with Crippen LogP contribution in [0.4, 0.5) is 0 Å². The number of rotatable bonds is 2. The lowest BCUT2D eigenvalue weighted by Crippen LogP contribution is -1.96. The van der Waals surface area contributed by atoms with Crippen molar-refractivity contribution in [2.45, 2.75) is 0 Å². The summed E-state index contributed by atoms with van der Waals surface area (Å²) in [4.78, 5) is 5.18. The van der Waals surface area contributed by atoms with Crippen molar-refractivity contribution in [3.05, 3.63) is 108 Å². The number of thiophene rings is 1. The van der Waals surface area contributed by atoms with E-state index in [1.807, 2.05) is 36.4 Å². The molecule has 0 amide bonds. The number of hydrogen-bond donors (Lipinski definition) is 0. The van der Waals surface area contributed by atoms with Crippen LogP contribution in [0.3, 0.4) is 0 Å². The van der Waals surface area contributed by atoms with Gasteiger partial charge in [0.15, 0.2) is 0 Å². The van der Waals surface area contributed by atoms with Gasteiger partial charge in [-0.25, -0.2) is 4.98 Å². The van der Waals surface area contributed by atoms with E-state index in [1.165, 1.54) is 20.2 Å². The molecule has 3 heterocycles. The molecule has 36 heavy (non-hydrogen) atoms. The lowest BCUT2D eigenvalue weighted by Gasteiger charge is -2.09. The van der Waals surface area contributed by atoms with Gasteiger partial charge in [0, 0.05) is 36.8 Å². The Labute approximate surface area is 210 Å². The third-order valence-electron chi connectivity index (χ3n) is 6.62. The smallest absolute Gasteiger partial charge is 0.0992 e. The summed E-state index contributed by atoms with van der Waals surface area (Å²) in [5, 5.41) is 22.7. The summed E-state index contributed by atoms with van der Waals surface area (Å²) in [5.74, 6) is 0. The van der Waals surface area contributed by atoms with E-state index in [9.17, 15) is 10.5 Å². The Balaban J connectivity index is 1.66. The molecule has 4 nitrogen and oxygen atoms in total. The molecular formula is C31H16N4S. The van der Waals surface area contributed by atoms with E-state index in [0.717, 1.165) is 38.9 Å². The second-order valence-electron chi connectivity index (χ2n) is 8.69. The van der Waals surface area contributed by atoms with E-state index in [0.29, 0.717) is 11.1 Å². The molecule has 0 atom stereocenters. The molecule has 0 saturated carbocycles. The molecule has 7 rings (SSSR count). The number of nitrogens with zero attached hydrogens (tertiary/aromatic N) is 4. The van der Waals surface area contributed by atoms with Gasteiger partial charge in [-0.3, -0.25) is 0 Å². The lowest BCUT2D eigenvalue weighted by atomic mass is 10.1. The van der Waals surface area contributed by atoms with Crippen LogP contribution >= 0.6 is 11.3 Å². The number of hydrogen-bond acceptors (Lipinski definition) is 4. The molecule has 0 spiro atoms. The second kappa shape index (κ2) is 7.78. The molecule has 0 aliphatic carbocycles. The van der Waals surface area contributed by atoms with Crippen molar-refractivity contribution in [2.75, 3.05) is 0 Å². The summed E-state index contributed by atoms with van der Waals surface area (Å²) >= 11 is 1.77. The second-order valence-corrected chi connectivity index (χ2v) is 9.74. The highest BCUT2D eigenvalue weighted by atomic mass is 32.1. The molecule has 0 saturated heterocycles. The third kappa shape index (κ3) is 2.94. The molecule has 0 fully saturated rings. The van der Waals surface area contributed by atoms with Crippen LogP contribution in [0, 0.1) is 22.7 Å². The monoisotopic (exact) mass is 476 g/mol. The maximum absolute atomic E-state index is 9.61. The molecule has 0 aliphatic heterocycles. The molecule has 0 bridgehead atoms. The van der Waals surface area contributed by atoms with Crippen LogP contribution in [-0.2, 0) is 0 Å². The first-order valence-electron chi connectivity index (χ1n) is 11.5. The Morgan fingerprint density at radius 3 is 2.19 bits per heavy atom. The van der Waals surface area contributed by atoms with Crippen molar-refractivity contribution in [2.24, 2.45) is 0 Å². The van der Waals surface area contributed by atoms with Crippen molar-refractivity contribution in [3.8, 4) is 29.1 Å². The van der Waals surface area contributed by atoms with E-state index in [1.54, 1.807) is 17.4 Å². The Hall–Kier alpha value is -4.97. The van der Waals surface area contributed by atoms with Gasteiger partial charge in [-0.2, -0.15) is 10.5 Å². The zero-order valence-corrected chi connectivity index (χ0v) is 19.8. The van der Waals surface area contributed by atoms with E-state index < -0.39 is 0 Å². The minimum atomic E-state index is 0.454. The van der Waals surface area contributed by atoms with Crippen LogP contribution in [0.5, 0.6) is 0 Å². The lowest BCUT2D eigenvalue weighted by molar-refractivity contribution is 1.17. The molecule has 7 aromatic rings. The molecule has 5 heteroatoms. The molecule has 0 unspecified atom stereocenters. The number of nitriles is 2. The van der Waals surface area contributed by atoms with E-state index >= 15 is 0 Å². The minimum absolute atomic E-state index is 0.454. The van der Waals surface area contributed by atoms with E-state index in [4.69, 9.17) is 4.98 Å². The predicted molar refractivity (Wildman–Crippen MR) is 146 cm³/mol. The molecule has 3 aromatic heterocycles. The zero-order chi connectivity index (χ0) is 24.2. The maximum atomic E-state index is 9.61. The van der Waals surface area contributed by atoms with Crippen LogP contribution in [0.1, 0.15) is 11.1 Å². The summed E-state index contributed by atoms with van der Waals surface area (Å²) < 4.78 is 4.54. The number of benzene rings is 4. The van der Waals surface area contributed by atoms with Crippen molar-refractivity contribution in [1.82, 2.24) is 9.55 Å². The highest BCUT2D eigenvalue weighted by molar-refractivity contribution is 7.26. The van der Waals surface area contributed by atoms with Crippen molar-refractivity contribution < 1.29 is 0 Å². The summed E-state index contributed by atoms with van der Waals surface area (Å²) in [6.45, 7) is 0. The average molecular weight is 477 g/mol. The summed E-state index contributed by atoms with van der Waals surface area (Å²) in [5.41, 5.74) is 6.50. The Morgan fingerprint density at radius 1 is 0.694 bits per heavy atom. The topological polar surface area (TPSA) is 65.4 Å². The highest BCUT2D eigenvalue weighted by Gasteiger charge is 2.19. The summed E-state index contributed by atoms with van der Waals surface area (Å²) in [6, 6.07) is 36.8. The molecule has 166 valence electrons. The molecule has 0 radical (unpaired) electrons. The fourth-order valence-corrected chi connectivity index (χ4v) is 6.30. The van der Waals surface area contributed by atoms with Crippen molar-refractivity contribution in [3.63, 3.8) is 0 Å². The SMILES string of the molecule is N#Cc1cc(C#N)cc(-n2c3ccc(-c4ccccc4)nc3c3c4sc5ccccc5c4ccc32)c1. The van der Waals surface area contributed by atoms with Gasteiger partial charge < -0.3 is 4.57 Å². The van der Waals surface area contributed by atoms with Gasteiger partial charge in [0.25, 0.3) is 0 Å². The first-order valence-corrected chi connectivity index (χ1v) is 12.3. The molecule has 0 N–H and O–H groups in total. The van der Waals surface area contributed by atoms with Crippen LogP contribution in [0.2, 0.25) is 0 Å². The van der Waals surface area contributed by atoms with E-state index in [2.05, 4.69) is 71.3 Å². The van der Waals surface area contributed by atoms with Crippen LogP contribution in [-0.4, -0.2) is 9.55 Å². The fraction of sp³-hybridized carbons (Fsp3) is 0. The normalized spacial score (nSPS) is 11.3. The Bertz CT molecular complexity index is 2040. The van der Waals surface area contributed by atoms with Gasteiger partial charge in [0.05, 0.1) is 45.5 Å². The van der Waals surface area contributed by atoms with Gasteiger partial charge in [0.2, 0.25) is 0 Å². The zero-order valence-electron chi connectivity index (χ0n) is 18.9. The van der Waals surface area contributed by atoms with E-state index in [-0.39, 0.29) is 0 Å². The minimum Gasteiger partial charge on any atom is -0.307 e. The van der Waals surface area contributed by atoms with Crippen molar-refractivity contribution >= 4 is 53.4 Å². The summed E-state index contributed by atoms with van der Waals surface area (Å²) in [7, 11) is 0. The van der Waals surface area contributed by atoms with Crippen LogP contribution in [0.15, 0.2) is 97.1 Å². The Morgan fingerprint density at radius 2 is 1.42 bits per heavy atom.